The Hall–Kier alpha value is -2.25. The maximum absolute atomic E-state index is 12.8. The van der Waals surface area contributed by atoms with Crippen LogP contribution in [0.15, 0.2) is 18.2 Å². The van der Waals surface area contributed by atoms with E-state index < -0.39 is 6.04 Å². The predicted octanol–water partition coefficient (Wildman–Crippen LogP) is 1.06. The molecule has 150 valence electrons. The minimum Gasteiger partial charge on any atom is -0.330 e. The molecule has 0 bridgehead atoms. The standard InChI is InChI=1S/C21H28N4O3/c22-13-21(6-1-7-21)8-9-23-11-14-2-3-15-12-25(20(28)16(15)10-14)17-4-5-18(26)24-19(17)27/h2-3,10,17,23H,1,4-9,11-13,22H2,(H,24,26,27). The predicted molar refractivity (Wildman–Crippen MR) is 104 cm³/mol. The Morgan fingerprint density at radius 3 is 2.75 bits per heavy atom. The summed E-state index contributed by atoms with van der Waals surface area (Å²) >= 11 is 0. The van der Waals surface area contributed by atoms with Crippen LogP contribution in [0.4, 0.5) is 0 Å². The number of benzene rings is 1. The van der Waals surface area contributed by atoms with Crippen molar-refractivity contribution in [3.8, 4) is 0 Å². The maximum atomic E-state index is 12.8. The molecule has 4 N–H and O–H groups in total. The Morgan fingerprint density at radius 2 is 2.07 bits per heavy atom. The highest BCUT2D eigenvalue weighted by Gasteiger charge is 2.39. The Bertz CT molecular complexity index is 797. The summed E-state index contributed by atoms with van der Waals surface area (Å²) in [6, 6.07) is 5.38. The van der Waals surface area contributed by atoms with Crippen molar-refractivity contribution in [1.82, 2.24) is 15.5 Å². The average Bonchev–Trinajstić information content (AvgIpc) is 2.97. The van der Waals surface area contributed by atoms with Crippen molar-refractivity contribution in [3.05, 3.63) is 34.9 Å². The summed E-state index contributed by atoms with van der Waals surface area (Å²) < 4.78 is 0. The van der Waals surface area contributed by atoms with Gasteiger partial charge in [-0.2, -0.15) is 0 Å². The first kappa shape index (κ1) is 19.1. The average molecular weight is 384 g/mol. The second-order valence-corrected chi connectivity index (χ2v) is 8.38. The number of hydrogen-bond acceptors (Lipinski definition) is 5. The first-order valence-corrected chi connectivity index (χ1v) is 10.2. The second-order valence-electron chi connectivity index (χ2n) is 8.38. The van der Waals surface area contributed by atoms with Crippen LogP contribution >= 0.6 is 0 Å². The fourth-order valence-electron chi connectivity index (χ4n) is 4.53. The van der Waals surface area contributed by atoms with E-state index >= 15 is 0 Å². The lowest BCUT2D eigenvalue weighted by atomic mass is 9.67. The SMILES string of the molecule is NCC1(CCNCc2ccc3c(c2)C(=O)N(C2CCC(=O)NC2=O)C3)CCC1. The normalized spacial score (nSPS) is 23.4. The third kappa shape index (κ3) is 3.56. The summed E-state index contributed by atoms with van der Waals surface area (Å²) in [7, 11) is 0. The minimum atomic E-state index is -0.561. The Kier molecular flexibility index (Phi) is 5.21. The lowest BCUT2D eigenvalue weighted by Gasteiger charge is -2.41. The molecule has 3 aliphatic rings. The van der Waals surface area contributed by atoms with Crippen molar-refractivity contribution in [2.75, 3.05) is 13.1 Å². The van der Waals surface area contributed by atoms with Crippen LogP contribution in [0.1, 0.15) is 60.0 Å². The number of imide groups is 1. The molecule has 1 aromatic rings. The molecule has 1 unspecified atom stereocenters. The van der Waals surface area contributed by atoms with Gasteiger partial charge in [-0.1, -0.05) is 18.6 Å². The number of nitrogens with two attached hydrogens (primary N) is 1. The molecule has 2 aliphatic heterocycles. The largest absolute Gasteiger partial charge is 0.330 e. The zero-order chi connectivity index (χ0) is 19.7. The van der Waals surface area contributed by atoms with Crippen LogP contribution in [0.25, 0.3) is 0 Å². The van der Waals surface area contributed by atoms with Gasteiger partial charge in [0, 0.05) is 25.1 Å². The van der Waals surface area contributed by atoms with Gasteiger partial charge < -0.3 is 16.0 Å². The lowest BCUT2D eigenvalue weighted by Crippen LogP contribution is -2.52. The molecule has 2 fully saturated rings. The Morgan fingerprint density at radius 1 is 1.25 bits per heavy atom. The van der Waals surface area contributed by atoms with Gasteiger partial charge in [0.25, 0.3) is 5.91 Å². The van der Waals surface area contributed by atoms with Crippen LogP contribution in [0, 0.1) is 5.41 Å². The summed E-state index contributed by atoms with van der Waals surface area (Å²) in [6.45, 7) is 2.82. The van der Waals surface area contributed by atoms with E-state index in [2.05, 4.69) is 10.6 Å². The van der Waals surface area contributed by atoms with Gasteiger partial charge >= 0.3 is 0 Å². The lowest BCUT2D eigenvalue weighted by molar-refractivity contribution is -0.136. The minimum absolute atomic E-state index is 0.122. The summed E-state index contributed by atoms with van der Waals surface area (Å²) in [6.07, 6.45) is 5.51. The van der Waals surface area contributed by atoms with Crippen molar-refractivity contribution in [2.24, 2.45) is 11.1 Å². The molecule has 3 amide bonds. The quantitative estimate of drug-likeness (QED) is 0.482. The number of nitrogens with zero attached hydrogens (tertiary/aromatic N) is 1. The number of carbonyl (C=O) groups is 3. The number of hydrogen-bond donors (Lipinski definition) is 3. The van der Waals surface area contributed by atoms with Gasteiger partial charge in [-0.25, -0.2) is 0 Å². The highest BCUT2D eigenvalue weighted by molar-refractivity contribution is 6.05. The van der Waals surface area contributed by atoms with Gasteiger partial charge in [0.1, 0.15) is 6.04 Å². The molecule has 1 aliphatic carbocycles. The van der Waals surface area contributed by atoms with Crippen molar-refractivity contribution < 1.29 is 14.4 Å². The molecule has 28 heavy (non-hydrogen) atoms. The molecule has 1 aromatic carbocycles. The summed E-state index contributed by atoms with van der Waals surface area (Å²) in [5.74, 6) is -0.760. The van der Waals surface area contributed by atoms with Crippen LogP contribution < -0.4 is 16.4 Å². The van der Waals surface area contributed by atoms with E-state index in [4.69, 9.17) is 5.73 Å². The number of fused-ring (bicyclic) bond motifs is 1. The molecule has 1 atom stereocenters. The third-order valence-corrected chi connectivity index (χ3v) is 6.60. The van der Waals surface area contributed by atoms with Crippen molar-refractivity contribution >= 4 is 17.7 Å². The highest BCUT2D eigenvalue weighted by atomic mass is 16.2. The van der Waals surface area contributed by atoms with Gasteiger partial charge in [-0.3, -0.25) is 19.7 Å². The summed E-state index contributed by atoms with van der Waals surface area (Å²) in [5.41, 5.74) is 8.92. The Labute approximate surface area is 165 Å². The van der Waals surface area contributed by atoms with E-state index in [-0.39, 0.29) is 24.1 Å². The fraction of sp³-hybridized carbons (Fsp3) is 0.571. The van der Waals surface area contributed by atoms with E-state index in [1.165, 1.54) is 19.3 Å². The summed E-state index contributed by atoms with van der Waals surface area (Å²) in [4.78, 5) is 37.9. The van der Waals surface area contributed by atoms with Gasteiger partial charge in [-0.15, -0.1) is 0 Å². The first-order valence-electron chi connectivity index (χ1n) is 10.2. The monoisotopic (exact) mass is 384 g/mol. The summed E-state index contributed by atoms with van der Waals surface area (Å²) in [5, 5.41) is 5.81. The van der Waals surface area contributed by atoms with Crippen molar-refractivity contribution in [2.45, 2.75) is 57.7 Å². The smallest absolute Gasteiger partial charge is 0.255 e. The molecule has 1 saturated heterocycles. The van der Waals surface area contributed by atoms with E-state index in [1.807, 2.05) is 18.2 Å². The molecule has 0 spiro atoms. The van der Waals surface area contributed by atoms with Gasteiger partial charge in [0.15, 0.2) is 0 Å². The van der Waals surface area contributed by atoms with E-state index in [0.29, 0.717) is 30.5 Å². The molecule has 7 heteroatoms. The zero-order valence-electron chi connectivity index (χ0n) is 16.1. The topological polar surface area (TPSA) is 105 Å². The van der Waals surface area contributed by atoms with Crippen LogP contribution in [0.2, 0.25) is 0 Å². The first-order chi connectivity index (χ1) is 13.5. The van der Waals surface area contributed by atoms with Crippen LogP contribution in [-0.4, -0.2) is 41.8 Å². The van der Waals surface area contributed by atoms with E-state index in [9.17, 15) is 14.4 Å². The van der Waals surface area contributed by atoms with Crippen LogP contribution in [0.5, 0.6) is 0 Å². The Balaban J connectivity index is 1.35. The van der Waals surface area contributed by atoms with Crippen molar-refractivity contribution in [1.29, 1.82) is 0 Å². The molecule has 7 nitrogen and oxygen atoms in total. The molecular formula is C21H28N4O3. The molecule has 1 saturated carbocycles. The number of nitrogens with one attached hydrogen (secondary N) is 2. The number of rotatable bonds is 7. The molecule has 0 aromatic heterocycles. The molecule has 4 rings (SSSR count). The van der Waals surface area contributed by atoms with Crippen LogP contribution in [-0.2, 0) is 22.7 Å². The van der Waals surface area contributed by atoms with E-state index in [1.54, 1.807) is 4.90 Å². The zero-order valence-corrected chi connectivity index (χ0v) is 16.1. The number of piperidine rings is 1. The maximum Gasteiger partial charge on any atom is 0.255 e. The van der Waals surface area contributed by atoms with E-state index in [0.717, 1.165) is 30.6 Å². The number of amides is 3. The molecule has 2 heterocycles. The molecule has 0 radical (unpaired) electrons. The fourth-order valence-corrected chi connectivity index (χ4v) is 4.53. The van der Waals surface area contributed by atoms with Gasteiger partial charge in [-0.05, 0) is 61.4 Å². The third-order valence-electron chi connectivity index (χ3n) is 6.60. The number of carbonyl (C=O) groups excluding carboxylic acids is 3. The van der Waals surface area contributed by atoms with Crippen molar-refractivity contribution in [3.63, 3.8) is 0 Å². The van der Waals surface area contributed by atoms with Gasteiger partial charge in [0.05, 0.1) is 0 Å². The van der Waals surface area contributed by atoms with Crippen LogP contribution in [0.3, 0.4) is 0 Å². The highest BCUT2D eigenvalue weighted by Crippen LogP contribution is 2.42. The van der Waals surface area contributed by atoms with Gasteiger partial charge in [0.2, 0.25) is 11.8 Å². The molecular weight excluding hydrogens is 356 g/mol. The second kappa shape index (κ2) is 7.64.